The molecule has 1 aromatic rings. The second-order valence-corrected chi connectivity index (χ2v) is 11.7. The van der Waals surface area contributed by atoms with Crippen molar-refractivity contribution < 1.29 is 29.0 Å². The fourth-order valence-electron chi connectivity index (χ4n) is 7.01. The summed E-state index contributed by atoms with van der Waals surface area (Å²) in [6.07, 6.45) is 12.5. The average Bonchev–Trinajstić information content (AvgIpc) is 3.29. The normalized spacial score (nSPS) is 32.8. The monoisotopic (exact) mass is 570 g/mol. The highest BCUT2D eigenvalue weighted by Gasteiger charge is 2.75. The number of aliphatic hydroxyl groups is 1. The molecule has 216 valence electrons. The van der Waals surface area contributed by atoms with Gasteiger partial charge in [-0.1, -0.05) is 55.0 Å². The van der Waals surface area contributed by atoms with E-state index in [1.807, 2.05) is 50.3 Å². The van der Waals surface area contributed by atoms with Gasteiger partial charge in [-0.2, -0.15) is 0 Å². The van der Waals surface area contributed by atoms with Crippen LogP contribution in [0.4, 0.5) is 5.69 Å². The van der Waals surface area contributed by atoms with Gasteiger partial charge in [-0.3, -0.25) is 14.4 Å². The van der Waals surface area contributed by atoms with Gasteiger partial charge in [0.1, 0.15) is 23.2 Å². The van der Waals surface area contributed by atoms with Crippen molar-refractivity contribution in [2.24, 2.45) is 11.8 Å². The minimum absolute atomic E-state index is 0.0630. The quantitative estimate of drug-likeness (QED) is 0.297. The van der Waals surface area contributed by atoms with Crippen LogP contribution in [0.2, 0.25) is 5.02 Å². The third-order valence-corrected chi connectivity index (χ3v) is 9.20. The smallest absolute Gasteiger partial charge is 0.313 e. The molecule has 40 heavy (non-hydrogen) atoms. The van der Waals surface area contributed by atoms with Crippen molar-refractivity contribution in [3.63, 3.8) is 0 Å². The Labute approximate surface area is 240 Å². The van der Waals surface area contributed by atoms with Crippen molar-refractivity contribution in [2.75, 3.05) is 31.2 Å². The lowest BCUT2D eigenvalue weighted by molar-refractivity contribution is -0.160. The topological polar surface area (TPSA) is 96.4 Å². The molecule has 0 aromatic heterocycles. The molecule has 2 fully saturated rings. The van der Waals surface area contributed by atoms with E-state index in [9.17, 15) is 19.5 Å². The van der Waals surface area contributed by atoms with Crippen LogP contribution >= 0.6 is 11.6 Å². The van der Waals surface area contributed by atoms with Crippen molar-refractivity contribution in [1.82, 2.24) is 4.90 Å². The maximum absolute atomic E-state index is 14.6. The first kappa shape index (κ1) is 28.8. The summed E-state index contributed by atoms with van der Waals surface area (Å²) in [7, 11) is 0. The number of allylic oxidation sites excluding steroid dienone is 1. The third-order valence-electron chi connectivity index (χ3n) is 8.90. The molecular weight excluding hydrogens is 532 g/mol. The van der Waals surface area contributed by atoms with Crippen molar-refractivity contribution in [1.29, 1.82) is 0 Å². The van der Waals surface area contributed by atoms with E-state index >= 15 is 0 Å². The van der Waals surface area contributed by atoms with E-state index in [4.69, 9.17) is 21.1 Å². The summed E-state index contributed by atoms with van der Waals surface area (Å²) < 4.78 is 12.7. The summed E-state index contributed by atoms with van der Waals surface area (Å²) in [5.74, 6) is -2.79. The highest BCUT2D eigenvalue weighted by molar-refractivity contribution is 6.34. The zero-order valence-corrected chi connectivity index (χ0v) is 24.1. The number of nitrogens with zero attached hydrogens (tertiary/aromatic N) is 2. The Morgan fingerprint density at radius 1 is 1.05 bits per heavy atom. The number of fused-ring (bicyclic) bond motifs is 2. The number of hydrogen-bond acceptors (Lipinski definition) is 6. The zero-order valence-electron chi connectivity index (χ0n) is 23.3. The molecule has 8 nitrogen and oxygen atoms in total. The van der Waals surface area contributed by atoms with Crippen LogP contribution in [0, 0.1) is 18.8 Å². The lowest BCUT2D eigenvalue weighted by atomic mass is 9.73. The number of aryl methyl sites for hydroxylation is 1. The minimum atomic E-state index is -1.34. The van der Waals surface area contributed by atoms with Gasteiger partial charge in [0.15, 0.2) is 0 Å². The minimum Gasteiger partial charge on any atom is -0.465 e. The average molecular weight is 571 g/mol. The number of likely N-dealkylation sites (tertiary alicyclic amines) is 1. The first-order valence-electron chi connectivity index (χ1n) is 14.5. The zero-order chi connectivity index (χ0) is 28.5. The van der Waals surface area contributed by atoms with E-state index in [0.717, 1.165) is 24.8 Å². The number of hydrogen-bond donors (Lipinski definition) is 1. The van der Waals surface area contributed by atoms with Gasteiger partial charge >= 0.3 is 5.97 Å². The van der Waals surface area contributed by atoms with E-state index in [1.165, 1.54) is 0 Å². The molecule has 1 N–H and O–H groups in total. The molecular formula is C31H39ClN2O6. The number of cyclic esters (lactones) is 1. The summed E-state index contributed by atoms with van der Waals surface area (Å²) in [4.78, 5) is 46.0. The molecule has 4 heterocycles. The molecule has 0 bridgehead atoms. The molecule has 1 unspecified atom stereocenters. The van der Waals surface area contributed by atoms with Crippen LogP contribution in [-0.4, -0.2) is 71.3 Å². The van der Waals surface area contributed by atoms with Gasteiger partial charge < -0.3 is 24.4 Å². The molecule has 5 rings (SSSR count). The van der Waals surface area contributed by atoms with E-state index in [-0.39, 0.29) is 25.0 Å². The van der Waals surface area contributed by atoms with Crippen LogP contribution in [-0.2, 0) is 23.9 Å². The van der Waals surface area contributed by atoms with Crippen LogP contribution in [0.5, 0.6) is 0 Å². The van der Waals surface area contributed by atoms with Gasteiger partial charge in [-0.15, -0.1) is 0 Å². The van der Waals surface area contributed by atoms with Crippen LogP contribution in [0.1, 0.15) is 57.4 Å². The Balaban J connectivity index is 1.64. The molecule has 5 atom stereocenters. The Morgan fingerprint density at radius 3 is 2.62 bits per heavy atom. The maximum atomic E-state index is 14.6. The molecule has 0 saturated carbocycles. The third kappa shape index (κ3) is 4.68. The second-order valence-electron chi connectivity index (χ2n) is 11.3. The predicted octanol–water partition coefficient (Wildman–Crippen LogP) is 4.36. The number of para-hydroxylation sites is 1. The number of esters is 1. The van der Waals surface area contributed by atoms with Gasteiger partial charge in [0.25, 0.3) is 5.91 Å². The van der Waals surface area contributed by atoms with E-state index < -0.39 is 35.0 Å². The lowest BCUT2D eigenvalue weighted by Gasteiger charge is -2.39. The SMILES string of the molecule is CC[C@]12/C=C\CCCCOC(=O)[C@H]1[C@H]1C(=O)N(CCCCCO)C3C(=O)N(c4c(C)cccc4Cl)CC=C[C@@]31O2. The number of aliphatic hydroxyl groups excluding tert-OH is 1. The Hall–Kier alpha value is -2.68. The van der Waals surface area contributed by atoms with Crippen LogP contribution < -0.4 is 4.90 Å². The van der Waals surface area contributed by atoms with Gasteiger partial charge in [0, 0.05) is 19.7 Å². The van der Waals surface area contributed by atoms with Crippen LogP contribution in [0.3, 0.4) is 0 Å². The van der Waals surface area contributed by atoms with Gasteiger partial charge in [0.05, 0.1) is 23.2 Å². The summed E-state index contributed by atoms with van der Waals surface area (Å²) in [6.45, 7) is 4.78. The number of halogens is 1. The molecule has 4 aliphatic rings. The number of unbranched alkanes of at least 4 members (excludes halogenated alkanes) is 2. The number of rotatable bonds is 7. The molecule has 9 heteroatoms. The summed E-state index contributed by atoms with van der Waals surface area (Å²) in [6, 6.07) is 4.52. The Morgan fingerprint density at radius 2 is 1.88 bits per heavy atom. The first-order valence-corrected chi connectivity index (χ1v) is 14.9. The number of carbonyl (C=O) groups is 3. The number of amides is 2. The Bertz CT molecular complexity index is 1200. The highest BCUT2D eigenvalue weighted by atomic mass is 35.5. The fraction of sp³-hybridized carbons (Fsp3) is 0.581. The summed E-state index contributed by atoms with van der Waals surface area (Å²) in [5.41, 5.74) is -0.962. The molecule has 1 spiro atoms. The molecule has 2 amide bonds. The molecule has 0 radical (unpaired) electrons. The van der Waals surface area contributed by atoms with Crippen molar-refractivity contribution in [2.45, 2.75) is 76.0 Å². The molecule has 2 saturated heterocycles. The van der Waals surface area contributed by atoms with E-state index in [2.05, 4.69) is 0 Å². The summed E-state index contributed by atoms with van der Waals surface area (Å²) >= 11 is 6.62. The molecule has 0 aliphatic carbocycles. The maximum Gasteiger partial charge on any atom is 0.313 e. The second kappa shape index (κ2) is 11.7. The van der Waals surface area contributed by atoms with Crippen LogP contribution in [0.15, 0.2) is 42.5 Å². The van der Waals surface area contributed by atoms with Crippen molar-refractivity contribution >= 4 is 35.1 Å². The first-order chi connectivity index (χ1) is 19.3. The lowest BCUT2D eigenvalue weighted by Crippen LogP contribution is -2.56. The van der Waals surface area contributed by atoms with E-state index in [0.29, 0.717) is 49.5 Å². The highest BCUT2D eigenvalue weighted by Crippen LogP contribution is 2.58. The molecule has 1 aromatic carbocycles. The van der Waals surface area contributed by atoms with E-state index in [1.54, 1.807) is 15.9 Å². The van der Waals surface area contributed by atoms with Gasteiger partial charge in [-0.25, -0.2) is 0 Å². The van der Waals surface area contributed by atoms with Gasteiger partial charge in [-0.05, 0) is 63.5 Å². The fourth-order valence-corrected chi connectivity index (χ4v) is 7.34. The van der Waals surface area contributed by atoms with Crippen LogP contribution in [0.25, 0.3) is 0 Å². The molecule has 4 aliphatic heterocycles. The van der Waals surface area contributed by atoms with Gasteiger partial charge in [0.2, 0.25) is 5.91 Å². The number of benzene rings is 1. The number of carbonyl (C=O) groups excluding carboxylic acids is 3. The summed E-state index contributed by atoms with van der Waals surface area (Å²) in [5, 5.41) is 9.74. The predicted molar refractivity (Wildman–Crippen MR) is 152 cm³/mol. The number of ether oxygens (including phenoxy) is 2. The van der Waals surface area contributed by atoms with Crippen molar-refractivity contribution in [3.05, 3.63) is 53.1 Å². The largest absolute Gasteiger partial charge is 0.465 e. The van der Waals surface area contributed by atoms with Crippen molar-refractivity contribution in [3.8, 4) is 0 Å². The number of anilines is 1. The Kier molecular flexibility index (Phi) is 8.41. The standard InChI is InChI=1S/C31H39ClN2O6/c1-3-30-15-7-4-5-10-20-39-29(38)24(30)23-27(36)34(17-8-6-9-19-35)26-28(37)33(18-12-16-31(23,26)40-30)25-21(2)13-11-14-22(25)32/h7,11-16,23-24,26,35H,3-6,8-10,17-20H2,1-2H3/b15-7-/t23-,24+,26?,30-,31-/m0/s1.